The van der Waals surface area contributed by atoms with Gasteiger partial charge in [0.05, 0.1) is 29.7 Å². The van der Waals surface area contributed by atoms with Crippen molar-refractivity contribution in [1.29, 1.82) is 0 Å². The Morgan fingerprint density at radius 2 is 2.09 bits per heavy atom. The third kappa shape index (κ3) is 4.63. The van der Waals surface area contributed by atoms with Gasteiger partial charge in [0, 0.05) is 31.6 Å². The average Bonchev–Trinajstić information content (AvgIpc) is 3.20. The van der Waals surface area contributed by atoms with E-state index in [0.717, 1.165) is 30.4 Å². The quantitative estimate of drug-likeness (QED) is 0.510. The predicted molar refractivity (Wildman–Crippen MR) is 125 cm³/mol. The molecule has 1 aliphatic rings. The van der Waals surface area contributed by atoms with Crippen molar-refractivity contribution in [3.8, 4) is 5.75 Å². The Kier molecular flexibility index (Phi) is 6.76. The fourth-order valence-electron chi connectivity index (χ4n) is 4.51. The Morgan fingerprint density at radius 1 is 1.25 bits per heavy atom. The van der Waals surface area contributed by atoms with Gasteiger partial charge in [-0.1, -0.05) is 0 Å². The Labute approximate surface area is 187 Å². The van der Waals surface area contributed by atoms with Crippen LogP contribution in [0.1, 0.15) is 19.3 Å². The van der Waals surface area contributed by atoms with Crippen molar-refractivity contribution in [2.24, 2.45) is 7.05 Å². The number of aromatic nitrogens is 3. The molecule has 0 spiro atoms. The minimum Gasteiger partial charge on any atom is -0.497 e. The maximum Gasteiger partial charge on any atom is 0.261 e. The lowest BCUT2D eigenvalue weighted by molar-refractivity contribution is -0.121. The first-order valence-corrected chi connectivity index (χ1v) is 11.2. The van der Waals surface area contributed by atoms with Gasteiger partial charge in [0.15, 0.2) is 0 Å². The summed E-state index contributed by atoms with van der Waals surface area (Å²) in [6.07, 6.45) is 4.84. The van der Waals surface area contributed by atoms with E-state index in [0.29, 0.717) is 29.2 Å². The summed E-state index contributed by atoms with van der Waals surface area (Å²) in [4.78, 5) is 27.7. The molecule has 1 saturated heterocycles. The number of carbonyl (C=O) groups excluding carboxylic acids is 1. The van der Waals surface area contributed by atoms with Crippen LogP contribution in [0.2, 0.25) is 0 Å². The van der Waals surface area contributed by atoms with Crippen LogP contribution in [0.4, 0.5) is 0 Å². The molecular weight excluding hydrogens is 408 g/mol. The molecule has 2 aromatic heterocycles. The highest BCUT2D eigenvalue weighted by Crippen LogP contribution is 2.26. The number of pyridine rings is 1. The molecule has 0 aliphatic carbocycles. The number of amides is 1. The summed E-state index contributed by atoms with van der Waals surface area (Å²) in [5.41, 5.74) is 1.29. The number of rotatable bonds is 8. The molecule has 1 amide bonds. The number of hydrogen-bond acceptors (Lipinski definition) is 6. The van der Waals surface area contributed by atoms with E-state index in [1.54, 1.807) is 23.4 Å². The molecule has 172 valence electrons. The fraction of sp³-hybridized carbons (Fsp3) is 0.522. The van der Waals surface area contributed by atoms with E-state index >= 15 is 0 Å². The Hall–Kier alpha value is -2.91. The molecule has 1 aromatic carbocycles. The van der Waals surface area contributed by atoms with Crippen LogP contribution in [0, 0.1) is 0 Å². The number of likely N-dealkylation sites (N-methyl/N-ethyl adjacent to an activating group) is 1. The van der Waals surface area contributed by atoms with E-state index in [4.69, 9.17) is 4.74 Å². The summed E-state index contributed by atoms with van der Waals surface area (Å²) < 4.78 is 8.56. The van der Waals surface area contributed by atoms with Crippen LogP contribution >= 0.6 is 0 Å². The van der Waals surface area contributed by atoms with Gasteiger partial charge < -0.3 is 24.8 Å². The maximum absolute atomic E-state index is 12.8. The van der Waals surface area contributed by atoms with E-state index in [1.165, 1.54) is 25.6 Å². The predicted octanol–water partition coefficient (Wildman–Crippen LogP) is 1.09. The molecule has 1 fully saturated rings. The van der Waals surface area contributed by atoms with Crippen LogP contribution in [0.25, 0.3) is 21.8 Å². The van der Waals surface area contributed by atoms with Gasteiger partial charge >= 0.3 is 0 Å². The third-order valence-electron chi connectivity index (χ3n) is 6.22. The van der Waals surface area contributed by atoms with Gasteiger partial charge in [0.1, 0.15) is 12.3 Å². The van der Waals surface area contributed by atoms with Gasteiger partial charge in [-0.2, -0.15) is 5.10 Å². The van der Waals surface area contributed by atoms with Crippen LogP contribution in [-0.2, 0) is 18.4 Å². The normalized spacial score (nSPS) is 17.2. The first-order valence-electron chi connectivity index (χ1n) is 11.2. The van der Waals surface area contributed by atoms with Gasteiger partial charge in [-0.15, -0.1) is 0 Å². The molecule has 0 saturated carbocycles. The number of fused-ring (bicyclic) bond motifs is 3. The smallest absolute Gasteiger partial charge is 0.261 e. The number of nitrogens with one attached hydrogen (secondary N) is 2. The van der Waals surface area contributed by atoms with E-state index < -0.39 is 0 Å². The topological polar surface area (TPSA) is 93.4 Å². The zero-order chi connectivity index (χ0) is 22.7. The Bertz CT molecular complexity index is 1170. The van der Waals surface area contributed by atoms with Crippen molar-refractivity contribution in [2.45, 2.75) is 31.8 Å². The van der Waals surface area contributed by atoms with Gasteiger partial charge in [0.25, 0.3) is 5.56 Å². The van der Waals surface area contributed by atoms with E-state index in [9.17, 15) is 9.59 Å². The maximum atomic E-state index is 12.8. The highest BCUT2D eigenvalue weighted by Gasteiger charge is 2.17. The van der Waals surface area contributed by atoms with Crippen LogP contribution in [0.15, 0.2) is 29.2 Å². The van der Waals surface area contributed by atoms with E-state index in [2.05, 4.69) is 27.7 Å². The highest BCUT2D eigenvalue weighted by molar-refractivity contribution is 6.04. The number of piperidine rings is 1. The molecule has 1 atom stereocenters. The fourth-order valence-corrected chi connectivity index (χ4v) is 4.51. The molecule has 0 bridgehead atoms. The number of carbonyl (C=O) groups is 1. The molecule has 1 unspecified atom stereocenters. The minimum atomic E-state index is -0.135. The number of hydrogen-bond donors (Lipinski definition) is 2. The average molecular weight is 441 g/mol. The minimum absolute atomic E-state index is 0.0594. The number of likely N-dealkylation sites (tertiary alicyclic amines) is 1. The molecular formula is C23H32N6O3. The molecule has 3 heterocycles. The van der Waals surface area contributed by atoms with Crippen LogP contribution in [0.5, 0.6) is 5.75 Å². The SMILES string of the molecule is COc1ccc2c(c1)c1c(cnn1CC(=O)NCCCNC1CCCN(C)C1)c(=O)n2C. The number of methoxy groups -OCH3 is 1. The number of aryl methyl sites for hydroxylation is 1. The van der Waals surface area contributed by atoms with Crippen LogP contribution in [-0.4, -0.2) is 71.5 Å². The van der Waals surface area contributed by atoms with E-state index in [-0.39, 0.29) is 18.0 Å². The summed E-state index contributed by atoms with van der Waals surface area (Å²) in [6.45, 7) is 3.79. The van der Waals surface area contributed by atoms with Gasteiger partial charge in [-0.05, 0) is 57.6 Å². The summed E-state index contributed by atoms with van der Waals surface area (Å²) in [5, 5.41) is 12.2. The lowest BCUT2D eigenvalue weighted by Crippen LogP contribution is -2.44. The third-order valence-corrected chi connectivity index (χ3v) is 6.22. The molecule has 9 heteroatoms. The van der Waals surface area contributed by atoms with Crippen LogP contribution < -0.4 is 20.9 Å². The Morgan fingerprint density at radius 3 is 2.88 bits per heavy atom. The zero-order valence-electron chi connectivity index (χ0n) is 19.1. The zero-order valence-corrected chi connectivity index (χ0v) is 19.1. The van der Waals surface area contributed by atoms with Crippen molar-refractivity contribution in [2.75, 3.05) is 40.3 Å². The number of ether oxygens (including phenoxy) is 1. The number of nitrogens with zero attached hydrogens (tertiary/aromatic N) is 4. The van der Waals surface area contributed by atoms with Crippen molar-refractivity contribution in [1.82, 2.24) is 29.9 Å². The molecule has 9 nitrogen and oxygen atoms in total. The summed E-state index contributed by atoms with van der Waals surface area (Å²) in [7, 11) is 5.49. The van der Waals surface area contributed by atoms with E-state index in [1.807, 2.05) is 18.2 Å². The molecule has 4 rings (SSSR count). The van der Waals surface area contributed by atoms with Crippen molar-refractivity contribution in [3.63, 3.8) is 0 Å². The Balaban J connectivity index is 1.40. The molecule has 1 aliphatic heterocycles. The summed E-state index contributed by atoms with van der Waals surface area (Å²) in [6, 6.07) is 6.08. The highest BCUT2D eigenvalue weighted by atomic mass is 16.5. The molecule has 0 radical (unpaired) electrons. The standard InChI is InChI=1S/C23H32N6O3/c1-27-11-4-6-16(14-27)24-9-5-10-25-21(30)15-29-22-18-12-17(32-3)7-8-20(18)28(2)23(31)19(22)13-26-29/h7-8,12-13,16,24H,4-6,9-11,14-15H2,1-3H3,(H,25,30). The van der Waals surface area contributed by atoms with Gasteiger partial charge in [-0.25, -0.2) is 0 Å². The first-order chi connectivity index (χ1) is 15.5. The second-order valence-electron chi connectivity index (χ2n) is 8.57. The van der Waals surface area contributed by atoms with Crippen molar-refractivity contribution >= 4 is 27.7 Å². The van der Waals surface area contributed by atoms with Gasteiger partial charge in [0.2, 0.25) is 5.91 Å². The summed E-state index contributed by atoms with van der Waals surface area (Å²) in [5.74, 6) is 0.565. The summed E-state index contributed by atoms with van der Waals surface area (Å²) >= 11 is 0. The van der Waals surface area contributed by atoms with Crippen molar-refractivity contribution < 1.29 is 9.53 Å². The van der Waals surface area contributed by atoms with Crippen LogP contribution in [0.3, 0.4) is 0 Å². The second kappa shape index (κ2) is 9.70. The lowest BCUT2D eigenvalue weighted by atomic mass is 10.1. The molecule has 2 N–H and O–H groups in total. The molecule has 3 aromatic rings. The second-order valence-corrected chi connectivity index (χ2v) is 8.57. The first kappa shape index (κ1) is 22.3. The monoisotopic (exact) mass is 440 g/mol. The molecule has 32 heavy (non-hydrogen) atoms. The van der Waals surface area contributed by atoms with Crippen molar-refractivity contribution in [3.05, 3.63) is 34.7 Å². The number of benzene rings is 1. The lowest BCUT2D eigenvalue weighted by Gasteiger charge is -2.30. The van der Waals surface area contributed by atoms with Gasteiger partial charge in [-0.3, -0.25) is 14.3 Å². The largest absolute Gasteiger partial charge is 0.497 e.